The van der Waals surface area contributed by atoms with Crippen LogP contribution in [0, 0.1) is 0 Å². The van der Waals surface area contributed by atoms with Crippen molar-refractivity contribution in [3.8, 4) is 50.6 Å². The third-order valence-electron chi connectivity index (χ3n) is 9.34. The van der Waals surface area contributed by atoms with Gasteiger partial charge >= 0.3 is 0 Å². The summed E-state index contributed by atoms with van der Waals surface area (Å²) < 4.78 is 2.41. The highest BCUT2D eigenvalue weighted by atomic mass is 15.0. The monoisotopic (exact) mass is 571 g/mol. The molecule has 0 amide bonds. The summed E-state index contributed by atoms with van der Waals surface area (Å²) >= 11 is 0. The maximum Gasteiger partial charge on any atom is 0.160 e. The Labute approximate surface area is 259 Å². The first-order valence-corrected chi connectivity index (χ1v) is 15.3. The summed E-state index contributed by atoms with van der Waals surface area (Å²) in [4.78, 5) is 9.97. The second-order valence-electron chi connectivity index (χ2n) is 11.8. The third kappa shape index (κ3) is 3.52. The van der Waals surface area contributed by atoms with Crippen molar-refractivity contribution < 1.29 is 0 Å². The summed E-state index contributed by atoms with van der Waals surface area (Å²) in [7, 11) is 0. The van der Waals surface area contributed by atoms with Crippen LogP contribution in [0.3, 0.4) is 0 Å². The first kappa shape index (κ1) is 24.4. The Hall–Kier alpha value is -6.06. The Morgan fingerprint density at radius 1 is 0.400 bits per heavy atom. The zero-order chi connectivity index (χ0) is 29.5. The molecule has 0 saturated carbocycles. The highest BCUT2D eigenvalue weighted by Crippen LogP contribution is 2.49. The summed E-state index contributed by atoms with van der Waals surface area (Å²) in [5.41, 5.74) is 12.7. The molecule has 1 aliphatic carbocycles. The number of fused-ring (bicyclic) bond motifs is 2. The quantitative estimate of drug-likeness (QED) is 0.210. The van der Waals surface area contributed by atoms with E-state index in [1.54, 1.807) is 0 Å². The van der Waals surface area contributed by atoms with Gasteiger partial charge in [0.25, 0.3) is 0 Å². The van der Waals surface area contributed by atoms with E-state index in [2.05, 4.69) is 138 Å². The number of rotatable bonds is 4. The van der Waals surface area contributed by atoms with E-state index >= 15 is 0 Å². The zero-order valence-corrected chi connectivity index (χ0v) is 24.3. The minimum atomic E-state index is 0.734. The predicted octanol–water partition coefficient (Wildman–Crippen LogP) is 10.9. The average molecular weight is 572 g/mol. The van der Waals surface area contributed by atoms with Gasteiger partial charge in [0.15, 0.2) is 5.82 Å². The molecule has 1 aliphatic rings. The molecule has 2 heterocycles. The van der Waals surface area contributed by atoms with Gasteiger partial charge in [-0.2, -0.15) is 0 Å². The fraction of sp³-hybridized carbons (Fsp3) is 0. The van der Waals surface area contributed by atoms with Crippen LogP contribution >= 0.6 is 0 Å². The zero-order valence-electron chi connectivity index (χ0n) is 24.3. The fourth-order valence-corrected chi connectivity index (χ4v) is 7.29. The van der Waals surface area contributed by atoms with E-state index in [4.69, 9.17) is 9.97 Å². The Morgan fingerprint density at radius 3 is 1.89 bits per heavy atom. The molecule has 9 aromatic rings. The topological polar surface area (TPSA) is 30.7 Å². The molecule has 0 fully saturated rings. The van der Waals surface area contributed by atoms with Crippen LogP contribution in [0.5, 0.6) is 0 Å². The van der Waals surface area contributed by atoms with Gasteiger partial charge in [-0.25, -0.2) is 9.97 Å². The van der Waals surface area contributed by atoms with Crippen LogP contribution < -0.4 is 0 Å². The van der Waals surface area contributed by atoms with Gasteiger partial charge in [-0.05, 0) is 63.4 Å². The van der Waals surface area contributed by atoms with Crippen molar-refractivity contribution in [2.45, 2.75) is 0 Å². The van der Waals surface area contributed by atoms with Crippen LogP contribution in [0.1, 0.15) is 0 Å². The molecule has 0 atom stereocenters. The molecule has 0 aliphatic heterocycles. The molecule has 7 aromatic carbocycles. The smallest absolute Gasteiger partial charge is 0.160 e. The van der Waals surface area contributed by atoms with Gasteiger partial charge in [-0.1, -0.05) is 121 Å². The van der Waals surface area contributed by atoms with Crippen LogP contribution in [-0.4, -0.2) is 14.5 Å². The Morgan fingerprint density at radius 2 is 1.07 bits per heavy atom. The lowest BCUT2D eigenvalue weighted by molar-refractivity contribution is 1.18. The highest BCUT2D eigenvalue weighted by Gasteiger charge is 2.24. The van der Waals surface area contributed by atoms with Gasteiger partial charge in [-0.15, -0.1) is 0 Å². The lowest BCUT2D eigenvalue weighted by Gasteiger charge is -2.12. The summed E-state index contributed by atoms with van der Waals surface area (Å²) in [6.07, 6.45) is 0. The number of nitrogens with zero attached hydrogens (tertiary/aromatic N) is 3. The molecule has 45 heavy (non-hydrogen) atoms. The number of hydrogen-bond acceptors (Lipinski definition) is 2. The van der Waals surface area contributed by atoms with Gasteiger partial charge in [0.2, 0.25) is 0 Å². The molecule has 0 radical (unpaired) electrons. The maximum atomic E-state index is 5.04. The van der Waals surface area contributed by atoms with Crippen molar-refractivity contribution in [2.24, 2.45) is 0 Å². The largest absolute Gasteiger partial charge is 0.309 e. The first-order valence-electron chi connectivity index (χ1n) is 15.3. The number of aromatic nitrogens is 3. The Kier molecular flexibility index (Phi) is 5.00. The molecule has 0 unspecified atom stereocenters. The van der Waals surface area contributed by atoms with Gasteiger partial charge < -0.3 is 4.57 Å². The summed E-state index contributed by atoms with van der Waals surface area (Å²) in [5, 5.41) is 6.48. The molecule has 0 N–H and O–H groups in total. The lowest BCUT2D eigenvalue weighted by Crippen LogP contribution is -1.95. The van der Waals surface area contributed by atoms with Gasteiger partial charge in [0.05, 0.1) is 22.2 Å². The number of hydrogen-bond donors (Lipinski definition) is 0. The Balaban J connectivity index is 1.03. The molecule has 0 spiro atoms. The normalized spacial score (nSPS) is 12.0. The van der Waals surface area contributed by atoms with Crippen LogP contribution in [0.25, 0.3) is 94.1 Å². The molecule has 3 heteroatoms. The fourth-order valence-electron chi connectivity index (χ4n) is 7.29. The van der Waals surface area contributed by atoms with Crippen LogP contribution in [-0.2, 0) is 0 Å². The SMILES string of the molecule is c1ccc(-c2nc(-c3ccc(-c4ccc(-n5c6cccc7c6c6c8c-7cccc8ccc65)cc4)cc3)nc3ccccc23)cc1. The molecule has 0 bridgehead atoms. The lowest BCUT2D eigenvalue weighted by atomic mass is 10.0. The standard InChI is InChI=1S/C42H25N3/c1-2-8-29(9-3-1)41-34-11-4-5-14-35(34)43-42(44-41)30-18-16-26(17-19-30)27-20-23-31(24-21-27)45-36-15-7-13-33-32-12-6-10-28-22-25-37(45)40(38(28)32)39(33)36/h1-25H. The molecule has 2 aromatic heterocycles. The van der Waals surface area contributed by atoms with Crippen LogP contribution in [0.15, 0.2) is 152 Å². The number of para-hydroxylation sites is 1. The van der Waals surface area contributed by atoms with Crippen molar-refractivity contribution in [1.82, 2.24) is 14.5 Å². The molecule has 3 nitrogen and oxygen atoms in total. The van der Waals surface area contributed by atoms with Gasteiger partial charge in [-0.3, -0.25) is 0 Å². The van der Waals surface area contributed by atoms with E-state index in [0.29, 0.717) is 0 Å². The molecular formula is C42H25N3. The highest BCUT2D eigenvalue weighted by molar-refractivity contribution is 6.33. The van der Waals surface area contributed by atoms with Crippen molar-refractivity contribution in [3.63, 3.8) is 0 Å². The van der Waals surface area contributed by atoms with E-state index in [0.717, 1.165) is 39.1 Å². The Bertz CT molecular complexity index is 2610. The summed E-state index contributed by atoms with van der Waals surface area (Å²) in [6.45, 7) is 0. The van der Waals surface area contributed by atoms with E-state index < -0.39 is 0 Å². The van der Waals surface area contributed by atoms with E-state index in [-0.39, 0.29) is 0 Å². The van der Waals surface area contributed by atoms with E-state index in [1.807, 2.05) is 18.2 Å². The molecular weight excluding hydrogens is 546 g/mol. The predicted molar refractivity (Wildman–Crippen MR) is 187 cm³/mol. The van der Waals surface area contributed by atoms with Gasteiger partial charge in [0.1, 0.15) is 0 Å². The summed E-state index contributed by atoms with van der Waals surface area (Å²) in [6, 6.07) is 54.0. The van der Waals surface area contributed by atoms with Crippen molar-refractivity contribution in [3.05, 3.63) is 152 Å². The van der Waals surface area contributed by atoms with Crippen LogP contribution in [0.2, 0.25) is 0 Å². The minimum absolute atomic E-state index is 0.734. The first-order chi connectivity index (χ1) is 22.3. The van der Waals surface area contributed by atoms with Gasteiger partial charge in [0, 0.05) is 33.0 Å². The maximum absolute atomic E-state index is 5.04. The van der Waals surface area contributed by atoms with E-state index in [9.17, 15) is 0 Å². The second kappa shape index (κ2) is 9.22. The van der Waals surface area contributed by atoms with Crippen molar-refractivity contribution >= 4 is 43.5 Å². The second-order valence-corrected chi connectivity index (χ2v) is 11.8. The van der Waals surface area contributed by atoms with Crippen molar-refractivity contribution in [1.29, 1.82) is 0 Å². The average Bonchev–Trinajstić information content (AvgIpc) is 3.64. The van der Waals surface area contributed by atoms with Crippen molar-refractivity contribution in [2.75, 3.05) is 0 Å². The third-order valence-corrected chi connectivity index (χ3v) is 9.34. The van der Waals surface area contributed by atoms with Crippen LogP contribution in [0.4, 0.5) is 0 Å². The number of benzene rings is 7. The molecule has 208 valence electrons. The molecule has 10 rings (SSSR count). The van der Waals surface area contributed by atoms with E-state index in [1.165, 1.54) is 55.0 Å². The molecule has 0 saturated heterocycles. The minimum Gasteiger partial charge on any atom is -0.309 e. The summed E-state index contributed by atoms with van der Waals surface area (Å²) in [5.74, 6) is 0.734.